The number of aliphatic hydroxyl groups is 5. The first-order chi connectivity index (χ1) is 29.8. The summed E-state index contributed by atoms with van der Waals surface area (Å²) in [5, 5.41) is 63.5. The van der Waals surface area contributed by atoms with Crippen LogP contribution in [0.25, 0.3) is 0 Å². The number of aryl methyl sites for hydroxylation is 1. The predicted molar refractivity (Wildman–Crippen MR) is 231 cm³/mol. The Morgan fingerprint density at radius 1 is 0.935 bits per heavy atom. The maximum atomic E-state index is 15.3. The third-order valence-electron chi connectivity index (χ3n) is 13.1. The van der Waals surface area contributed by atoms with E-state index in [0.29, 0.717) is 29.9 Å². The number of ether oxygens (including phenoxy) is 3. The van der Waals surface area contributed by atoms with Gasteiger partial charge in [0.15, 0.2) is 18.0 Å². The summed E-state index contributed by atoms with van der Waals surface area (Å²) in [6, 6.07) is 32.5. The monoisotopic (exact) mass is 863 g/mol. The van der Waals surface area contributed by atoms with Gasteiger partial charge in [-0.25, -0.2) is 0 Å². The van der Waals surface area contributed by atoms with Crippen molar-refractivity contribution < 1.29 is 49.3 Å². The van der Waals surface area contributed by atoms with Crippen molar-refractivity contribution >= 4 is 36.4 Å². The number of aliphatic hydroxyl groups excluding tert-OH is 5. The van der Waals surface area contributed by atoms with Crippen molar-refractivity contribution in [2.75, 3.05) is 23.9 Å². The maximum Gasteiger partial charge on any atom is 0.264 e. The van der Waals surface area contributed by atoms with Crippen molar-refractivity contribution in [3.63, 3.8) is 0 Å². The van der Waals surface area contributed by atoms with Crippen LogP contribution in [0.4, 0.5) is 11.4 Å². The number of amides is 2. The molecule has 1 aromatic heterocycles. The molecule has 326 valence electrons. The zero-order valence-electron chi connectivity index (χ0n) is 35.0. The number of methoxy groups -OCH3 is 1. The Labute approximate surface area is 360 Å². The van der Waals surface area contributed by atoms with Crippen LogP contribution in [0.3, 0.4) is 0 Å². The zero-order valence-corrected chi connectivity index (χ0v) is 36.0. The topological polar surface area (TPSA) is 209 Å². The van der Waals surface area contributed by atoms with Crippen LogP contribution < -0.4 is 20.1 Å². The fourth-order valence-electron chi connectivity index (χ4n) is 9.81. The van der Waals surface area contributed by atoms with Gasteiger partial charge in [-0.2, -0.15) is 0 Å². The molecule has 4 heterocycles. The highest BCUT2D eigenvalue weighted by molar-refractivity contribution is 6.91. The Hall–Kier alpha value is -5.30. The molecule has 0 radical (unpaired) electrons. The van der Waals surface area contributed by atoms with Gasteiger partial charge in [0.1, 0.15) is 24.1 Å². The lowest BCUT2D eigenvalue weighted by molar-refractivity contribution is -0.274. The van der Waals surface area contributed by atoms with Crippen LogP contribution in [0.2, 0.25) is 18.6 Å². The maximum absolute atomic E-state index is 15.3. The SMILES string of the molecule is COc1ccc([Si](C)(C)[C@@H]2[C@@H](CCn3cc(C(CO)c4ccccc4)nn3)O[C@]3(C(=O)N(Cc4cccc(NC(=O)[C@H]5O[C@@H](O)[C@H](O)[C@@H](O)[C@@H]5O)c4)c4ccccc43)[C@H]2C)cc1. The van der Waals surface area contributed by atoms with Gasteiger partial charge in [-0.15, -0.1) is 5.10 Å². The normalized spacial score (nSPS) is 27.6. The molecule has 0 saturated carbocycles. The first-order valence-electron chi connectivity index (χ1n) is 20.9. The molecular formula is C46H53N5O10Si. The molecule has 4 aromatic carbocycles. The minimum absolute atomic E-state index is 0.0283. The molecular weight excluding hydrogens is 811 g/mol. The lowest BCUT2D eigenvalue weighted by Crippen LogP contribution is -2.60. The summed E-state index contributed by atoms with van der Waals surface area (Å²) in [4.78, 5) is 30.2. The summed E-state index contributed by atoms with van der Waals surface area (Å²) in [5.74, 6) is -0.837. The molecule has 3 aliphatic heterocycles. The minimum atomic E-state index is -2.45. The highest BCUT2D eigenvalue weighted by atomic mass is 28.3. The molecule has 16 heteroatoms. The number of anilines is 2. The number of carbonyl (C=O) groups excluding carboxylic acids is 2. The van der Waals surface area contributed by atoms with E-state index in [0.717, 1.165) is 22.6 Å². The largest absolute Gasteiger partial charge is 0.497 e. The molecule has 2 fully saturated rings. The van der Waals surface area contributed by atoms with Crippen molar-refractivity contribution in [2.45, 2.75) is 93.4 Å². The molecule has 3 aliphatic rings. The Kier molecular flexibility index (Phi) is 12.2. The summed E-state index contributed by atoms with van der Waals surface area (Å²) < 4.78 is 19.7. The van der Waals surface area contributed by atoms with Crippen LogP contribution >= 0.6 is 0 Å². The second kappa shape index (κ2) is 17.5. The standard InChI is InChI=1S/C46H53N5O10Si/c1-27-42(62(3,4)32-19-17-31(59-2)18-20-32)37(21-22-50-25-35(48-49-50)33(26-52)29-12-6-5-7-13-29)61-46(27)34-15-8-9-16-36(34)51(45(46)58)24-28-11-10-14-30(23-28)47-43(56)41-39(54)38(53)40(55)44(57)60-41/h5-20,23,25,27,33,37-42,44,52-55,57H,21-22,24,26H2,1-4H3,(H,47,56)/t27-,33?,37+,38-,39-,40+,41-,42-,44+,46+/m0/s1. The van der Waals surface area contributed by atoms with Gasteiger partial charge in [0.25, 0.3) is 11.8 Å². The van der Waals surface area contributed by atoms with Crippen molar-refractivity contribution in [2.24, 2.45) is 5.92 Å². The number of nitrogens with zero attached hydrogens (tertiary/aromatic N) is 4. The third-order valence-corrected chi connectivity index (χ3v) is 17.4. The Bertz CT molecular complexity index is 2380. The average Bonchev–Trinajstić information content (AvgIpc) is 3.94. The van der Waals surface area contributed by atoms with E-state index in [2.05, 4.69) is 47.8 Å². The van der Waals surface area contributed by atoms with Gasteiger partial charge in [0.05, 0.1) is 51.7 Å². The number of benzene rings is 4. The lowest BCUT2D eigenvalue weighted by Gasteiger charge is -2.37. The molecule has 8 rings (SSSR count). The number of hydrogen-bond donors (Lipinski definition) is 6. The number of aromatic nitrogens is 3. The minimum Gasteiger partial charge on any atom is -0.497 e. The molecule has 0 aliphatic carbocycles. The van der Waals surface area contributed by atoms with E-state index < -0.39 is 50.3 Å². The number of para-hydroxylation sites is 1. The summed E-state index contributed by atoms with van der Waals surface area (Å²) in [5.41, 5.74) is 2.80. The van der Waals surface area contributed by atoms with Gasteiger partial charge in [-0.05, 0) is 53.4 Å². The highest BCUT2D eigenvalue weighted by Gasteiger charge is 2.66. The van der Waals surface area contributed by atoms with Crippen LogP contribution in [0.15, 0.2) is 109 Å². The van der Waals surface area contributed by atoms with Crippen molar-refractivity contribution in [1.29, 1.82) is 0 Å². The molecule has 10 atom stereocenters. The van der Waals surface area contributed by atoms with E-state index in [4.69, 9.17) is 14.2 Å². The molecule has 5 aromatic rings. The molecule has 2 amide bonds. The summed E-state index contributed by atoms with van der Waals surface area (Å²) in [6.45, 7) is 7.29. The van der Waals surface area contributed by atoms with Gasteiger partial charge < -0.3 is 50.0 Å². The number of nitrogens with one attached hydrogen (secondary N) is 1. The van der Waals surface area contributed by atoms with Crippen LogP contribution in [0.1, 0.15) is 41.6 Å². The van der Waals surface area contributed by atoms with Crippen molar-refractivity contribution in [3.8, 4) is 5.75 Å². The summed E-state index contributed by atoms with van der Waals surface area (Å²) in [7, 11) is -0.803. The highest BCUT2D eigenvalue weighted by Crippen LogP contribution is 2.60. The second-order valence-corrected chi connectivity index (χ2v) is 21.7. The average molecular weight is 864 g/mol. The molecule has 1 spiro atoms. The smallest absolute Gasteiger partial charge is 0.264 e. The Morgan fingerprint density at radius 2 is 1.66 bits per heavy atom. The number of carbonyl (C=O) groups is 2. The molecule has 6 N–H and O–H groups in total. The van der Waals surface area contributed by atoms with Crippen LogP contribution in [-0.4, -0.2) is 111 Å². The van der Waals surface area contributed by atoms with Gasteiger partial charge in [0.2, 0.25) is 0 Å². The van der Waals surface area contributed by atoms with Crippen LogP contribution in [0.5, 0.6) is 5.75 Å². The molecule has 62 heavy (non-hydrogen) atoms. The van der Waals surface area contributed by atoms with Crippen molar-refractivity contribution in [1.82, 2.24) is 15.0 Å². The Balaban J connectivity index is 1.08. The van der Waals surface area contributed by atoms with E-state index in [1.54, 1.807) is 34.9 Å². The quantitative estimate of drug-likeness (QED) is 0.0945. The summed E-state index contributed by atoms with van der Waals surface area (Å²) in [6.07, 6.45) is -6.80. The predicted octanol–water partition coefficient (Wildman–Crippen LogP) is 3.00. The van der Waals surface area contributed by atoms with E-state index in [-0.39, 0.29) is 42.5 Å². The first kappa shape index (κ1) is 43.3. The number of hydrogen-bond acceptors (Lipinski definition) is 12. The first-order valence-corrected chi connectivity index (χ1v) is 23.9. The van der Waals surface area contributed by atoms with Crippen LogP contribution in [-0.2, 0) is 37.8 Å². The van der Waals surface area contributed by atoms with Gasteiger partial charge >= 0.3 is 0 Å². The fraction of sp³-hybridized carbons (Fsp3) is 0.391. The van der Waals surface area contributed by atoms with Crippen LogP contribution in [0, 0.1) is 5.92 Å². The Morgan fingerprint density at radius 3 is 2.39 bits per heavy atom. The van der Waals surface area contributed by atoms with Gasteiger partial charge in [0, 0.05) is 29.9 Å². The summed E-state index contributed by atoms with van der Waals surface area (Å²) >= 11 is 0. The van der Waals surface area contributed by atoms with Crippen molar-refractivity contribution in [3.05, 3.63) is 132 Å². The zero-order chi connectivity index (χ0) is 43.9. The molecule has 1 unspecified atom stereocenters. The lowest BCUT2D eigenvalue weighted by atomic mass is 9.82. The second-order valence-electron chi connectivity index (χ2n) is 17.0. The van der Waals surface area contributed by atoms with E-state index in [1.807, 2.05) is 79.0 Å². The number of rotatable bonds is 13. The number of fused-ring (bicyclic) bond motifs is 2. The molecule has 0 bridgehead atoms. The van der Waals surface area contributed by atoms with E-state index >= 15 is 4.79 Å². The van der Waals surface area contributed by atoms with Gasteiger partial charge in [-0.1, -0.05) is 103 Å². The molecule has 2 saturated heterocycles. The van der Waals surface area contributed by atoms with Gasteiger partial charge in [-0.3, -0.25) is 14.3 Å². The van der Waals surface area contributed by atoms with E-state index in [1.165, 1.54) is 5.19 Å². The third kappa shape index (κ3) is 7.75. The molecule has 15 nitrogen and oxygen atoms in total. The fourth-order valence-corrected chi connectivity index (χ4v) is 13.9. The van der Waals surface area contributed by atoms with E-state index in [9.17, 15) is 30.3 Å².